The first-order chi connectivity index (χ1) is 10.8. The summed E-state index contributed by atoms with van der Waals surface area (Å²) in [6.45, 7) is 3.44. The summed E-state index contributed by atoms with van der Waals surface area (Å²) in [6, 6.07) is 0. The standard InChI is InChI=1S/C14H31NO2.CH4O4S/c1-2-3-4-5-6-7-8-9-10-11-12-15-13-14(16)17;1-5-6(2,3)4/h14-17H,2-13H2,1H3;1H3,(H,2,3,4). The second-order valence-corrected chi connectivity index (χ2v) is 6.65. The van der Waals surface area contributed by atoms with E-state index >= 15 is 0 Å². The molecule has 0 rings (SSSR count). The second-order valence-electron chi connectivity index (χ2n) is 5.46. The normalized spacial score (nSPS) is 11.4. The molecule has 23 heavy (non-hydrogen) atoms. The molecule has 4 N–H and O–H groups in total. The van der Waals surface area contributed by atoms with Gasteiger partial charge in [0.05, 0.1) is 7.11 Å². The molecule has 0 atom stereocenters. The van der Waals surface area contributed by atoms with Gasteiger partial charge in [-0.25, -0.2) is 0 Å². The first kappa shape index (κ1) is 25.0. The molecular formula is C15H35NO6S. The zero-order chi connectivity index (χ0) is 18.0. The van der Waals surface area contributed by atoms with Crippen LogP contribution in [0.5, 0.6) is 0 Å². The summed E-state index contributed by atoms with van der Waals surface area (Å²) in [4.78, 5) is 0. The molecule has 0 fully saturated rings. The number of nitrogens with one attached hydrogen (secondary N) is 1. The largest absolute Gasteiger partial charge is 0.397 e. The van der Waals surface area contributed by atoms with Crippen LogP contribution in [-0.4, -0.2) is 49.7 Å². The van der Waals surface area contributed by atoms with Crippen LogP contribution in [-0.2, 0) is 14.6 Å². The molecule has 0 spiro atoms. The van der Waals surface area contributed by atoms with Crippen molar-refractivity contribution in [2.75, 3.05) is 20.2 Å². The van der Waals surface area contributed by atoms with E-state index in [-0.39, 0.29) is 6.54 Å². The summed E-state index contributed by atoms with van der Waals surface area (Å²) in [5, 5.41) is 20.2. The zero-order valence-electron chi connectivity index (χ0n) is 14.5. The van der Waals surface area contributed by atoms with Crippen LogP contribution < -0.4 is 5.32 Å². The molecule has 0 saturated carbocycles. The van der Waals surface area contributed by atoms with E-state index < -0.39 is 16.7 Å². The van der Waals surface area contributed by atoms with E-state index in [9.17, 15) is 8.42 Å². The molecule has 0 aromatic heterocycles. The van der Waals surface area contributed by atoms with Crippen molar-refractivity contribution in [1.29, 1.82) is 0 Å². The van der Waals surface area contributed by atoms with Gasteiger partial charge in [0.25, 0.3) is 0 Å². The molecule has 0 heterocycles. The van der Waals surface area contributed by atoms with Crippen LogP contribution >= 0.6 is 0 Å². The van der Waals surface area contributed by atoms with Crippen LogP contribution in [0.15, 0.2) is 0 Å². The highest BCUT2D eigenvalue weighted by atomic mass is 32.3. The van der Waals surface area contributed by atoms with Crippen LogP contribution in [0.4, 0.5) is 0 Å². The monoisotopic (exact) mass is 357 g/mol. The lowest BCUT2D eigenvalue weighted by molar-refractivity contribution is -0.0370. The number of aliphatic hydroxyl groups is 2. The smallest absolute Gasteiger partial charge is 0.367 e. The van der Waals surface area contributed by atoms with Crippen molar-refractivity contribution in [2.45, 2.75) is 77.4 Å². The van der Waals surface area contributed by atoms with E-state index in [1.807, 2.05) is 0 Å². The Labute approximate surface area is 141 Å². The zero-order valence-corrected chi connectivity index (χ0v) is 15.4. The summed E-state index contributed by atoms with van der Waals surface area (Å²) in [5.74, 6) is 0. The van der Waals surface area contributed by atoms with Crippen LogP contribution in [0, 0.1) is 0 Å². The van der Waals surface area contributed by atoms with E-state index in [2.05, 4.69) is 16.4 Å². The predicted molar refractivity (Wildman–Crippen MR) is 91.5 cm³/mol. The third-order valence-corrected chi connectivity index (χ3v) is 3.67. The number of hydrogen-bond donors (Lipinski definition) is 4. The van der Waals surface area contributed by atoms with Gasteiger partial charge in [0, 0.05) is 6.54 Å². The lowest BCUT2D eigenvalue weighted by Crippen LogP contribution is -2.26. The summed E-state index contributed by atoms with van der Waals surface area (Å²) in [5.41, 5.74) is 0. The molecule has 8 heteroatoms. The Hall–Kier alpha value is -0.250. The molecule has 0 saturated heterocycles. The molecule has 0 bridgehead atoms. The minimum atomic E-state index is -4.16. The lowest BCUT2D eigenvalue weighted by atomic mass is 10.1. The highest BCUT2D eigenvalue weighted by Crippen LogP contribution is 2.10. The van der Waals surface area contributed by atoms with Crippen LogP contribution in [0.1, 0.15) is 71.1 Å². The van der Waals surface area contributed by atoms with Gasteiger partial charge in [-0.3, -0.25) is 8.74 Å². The van der Waals surface area contributed by atoms with Gasteiger partial charge < -0.3 is 15.5 Å². The van der Waals surface area contributed by atoms with Crippen molar-refractivity contribution >= 4 is 10.4 Å². The van der Waals surface area contributed by atoms with E-state index in [1.54, 1.807) is 0 Å². The van der Waals surface area contributed by atoms with Crippen LogP contribution in [0.2, 0.25) is 0 Å². The number of aliphatic hydroxyl groups excluding tert-OH is 1. The molecule has 0 unspecified atom stereocenters. The van der Waals surface area contributed by atoms with Gasteiger partial charge in [-0.05, 0) is 13.0 Å². The Balaban J connectivity index is 0. The topological polar surface area (TPSA) is 116 Å². The van der Waals surface area contributed by atoms with Crippen molar-refractivity contribution in [3.63, 3.8) is 0 Å². The summed E-state index contributed by atoms with van der Waals surface area (Å²) in [7, 11) is -3.29. The van der Waals surface area contributed by atoms with Crippen molar-refractivity contribution in [1.82, 2.24) is 5.32 Å². The fraction of sp³-hybridized carbons (Fsp3) is 1.00. The van der Waals surface area contributed by atoms with Gasteiger partial charge in [-0.1, -0.05) is 64.7 Å². The quantitative estimate of drug-likeness (QED) is 0.214. The highest BCUT2D eigenvalue weighted by molar-refractivity contribution is 7.80. The molecule has 0 aliphatic carbocycles. The average molecular weight is 358 g/mol. The average Bonchev–Trinajstić information content (AvgIpc) is 2.48. The Morgan fingerprint density at radius 3 is 1.65 bits per heavy atom. The Bertz CT molecular complexity index is 322. The van der Waals surface area contributed by atoms with Gasteiger partial charge in [0.1, 0.15) is 0 Å². The fourth-order valence-corrected chi connectivity index (χ4v) is 1.97. The third kappa shape index (κ3) is 30.2. The molecule has 0 amide bonds. The highest BCUT2D eigenvalue weighted by Gasteiger charge is 1.96. The van der Waals surface area contributed by atoms with Crippen molar-refractivity contribution in [2.24, 2.45) is 0 Å². The molecule has 142 valence electrons. The second kappa shape index (κ2) is 18.1. The van der Waals surface area contributed by atoms with Gasteiger partial charge in [-0.15, -0.1) is 0 Å². The molecule has 7 nitrogen and oxygen atoms in total. The molecule has 0 aliphatic rings. The van der Waals surface area contributed by atoms with Gasteiger partial charge in [-0.2, -0.15) is 8.42 Å². The lowest BCUT2D eigenvalue weighted by Gasteiger charge is -2.06. The van der Waals surface area contributed by atoms with Crippen LogP contribution in [0.3, 0.4) is 0 Å². The Kier molecular flexibility index (Phi) is 19.7. The van der Waals surface area contributed by atoms with Crippen molar-refractivity contribution in [3.8, 4) is 0 Å². The van der Waals surface area contributed by atoms with Crippen molar-refractivity contribution in [3.05, 3.63) is 0 Å². The Morgan fingerprint density at radius 2 is 1.30 bits per heavy atom. The molecule has 0 radical (unpaired) electrons. The number of rotatable bonds is 14. The van der Waals surface area contributed by atoms with E-state index in [0.29, 0.717) is 0 Å². The van der Waals surface area contributed by atoms with E-state index in [1.165, 1.54) is 57.8 Å². The maximum absolute atomic E-state index is 9.33. The molecular weight excluding hydrogens is 322 g/mol. The molecule has 0 aromatic rings. The first-order valence-corrected chi connectivity index (χ1v) is 9.79. The third-order valence-electron chi connectivity index (χ3n) is 3.24. The van der Waals surface area contributed by atoms with E-state index in [0.717, 1.165) is 20.1 Å². The van der Waals surface area contributed by atoms with Crippen molar-refractivity contribution < 1.29 is 27.4 Å². The van der Waals surface area contributed by atoms with Gasteiger partial charge >= 0.3 is 10.4 Å². The summed E-state index contributed by atoms with van der Waals surface area (Å²) >= 11 is 0. The molecule has 0 aliphatic heterocycles. The SMILES string of the molecule is CCCCCCCCCCCCNCC(O)O.COS(=O)(=O)O. The predicted octanol–water partition coefficient (Wildman–Crippen LogP) is 2.24. The maximum Gasteiger partial charge on any atom is 0.397 e. The number of unbranched alkanes of at least 4 members (excludes halogenated alkanes) is 9. The van der Waals surface area contributed by atoms with Crippen LogP contribution in [0.25, 0.3) is 0 Å². The van der Waals surface area contributed by atoms with Gasteiger partial charge in [0.2, 0.25) is 0 Å². The minimum Gasteiger partial charge on any atom is -0.367 e. The number of hydrogen-bond acceptors (Lipinski definition) is 6. The first-order valence-electron chi connectivity index (χ1n) is 8.43. The van der Waals surface area contributed by atoms with E-state index in [4.69, 9.17) is 14.8 Å². The maximum atomic E-state index is 9.33. The summed E-state index contributed by atoms with van der Waals surface area (Å²) < 4.78 is 29.7. The molecule has 0 aromatic carbocycles. The Morgan fingerprint density at radius 1 is 0.913 bits per heavy atom. The minimum absolute atomic E-state index is 0.289. The van der Waals surface area contributed by atoms with Gasteiger partial charge in [0.15, 0.2) is 6.29 Å². The fourth-order valence-electron chi connectivity index (χ4n) is 1.97. The summed E-state index contributed by atoms with van der Waals surface area (Å²) in [6.07, 6.45) is 12.2.